The summed E-state index contributed by atoms with van der Waals surface area (Å²) in [4.78, 5) is 17.6. The summed E-state index contributed by atoms with van der Waals surface area (Å²) >= 11 is 1.52. The maximum Gasteiger partial charge on any atom is 0.416 e. The van der Waals surface area contributed by atoms with Crippen LogP contribution in [-0.4, -0.2) is 27.7 Å². The van der Waals surface area contributed by atoms with Crippen LogP contribution in [0.4, 0.5) is 18.9 Å². The number of aliphatic hydroxyl groups excluding tert-OH is 1. The van der Waals surface area contributed by atoms with Crippen LogP contribution in [0.3, 0.4) is 0 Å². The van der Waals surface area contributed by atoms with Gasteiger partial charge in [-0.05, 0) is 75.8 Å². The van der Waals surface area contributed by atoms with E-state index in [1.54, 1.807) is 26.0 Å². The molecule has 1 fully saturated rings. The van der Waals surface area contributed by atoms with E-state index in [9.17, 15) is 28.2 Å². The van der Waals surface area contributed by atoms with E-state index in [1.807, 2.05) is 0 Å². The number of benzene rings is 2. The van der Waals surface area contributed by atoms with Gasteiger partial charge in [0.2, 0.25) is 0 Å². The molecule has 3 N–H and O–H groups in total. The smallest absolute Gasteiger partial charge is 0.396 e. The molecule has 0 aliphatic heterocycles. The van der Waals surface area contributed by atoms with Gasteiger partial charge in [0.15, 0.2) is 0 Å². The summed E-state index contributed by atoms with van der Waals surface area (Å²) in [5.74, 6) is -0.0537. The van der Waals surface area contributed by atoms with Crippen LogP contribution in [0.25, 0.3) is 10.2 Å². The maximum atomic E-state index is 13.1. The summed E-state index contributed by atoms with van der Waals surface area (Å²) in [5, 5.41) is 23.8. The van der Waals surface area contributed by atoms with Gasteiger partial charge in [-0.15, -0.1) is 11.3 Å². The second-order valence-corrected chi connectivity index (χ2v) is 10.5. The van der Waals surface area contributed by atoms with Crippen molar-refractivity contribution in [2.75, 3.05) is 11.9 Å². The van der Waals surface area contributed by atoms with Gasteiger partial charge in [-0.1, -0.05) is 6.07 Å². The first-order valence-corrected chi connectivity index (χ1v) is 12.0. The SMILES string of the molecule is CC(C)(O)c1cc2nc(C3CCC(CO)CC3)sc2cc1NC(=O)c1cccc(C(F)(F)F)c1. The monoisotopic (exact) mass is 492 g/mol. The number of nitrogens with one attached hydrogen (secondary N) is 1. The molecule has 34 heavy (non-hydrogen) atoms. The summed E-state index contributed by atoms with van der Waals surface area (Å²) in [7, 11) is 0. The molecule has 9 heteroatoms. The first-order chi connectivity index (χ1) is 16.0. The van der Waals surface area contributed by atoms with E-state index in [0.29, 0.717) is 28.6 Å². The van der Waals surface area contributed by atoms with Crippen molar-refractivity contribution in [3.05, 3.63) is 58.1 Å². The van der Waals surface area contributed by atoms with Gasteiger partial charge >= 0.3 is 6.18 Å². The normalized spacial score (nSPS) is 19.4. The van der Waals surface area contributed by atoms with Crippen molar-refractivity contribution < 1.29 is 28.2 Å². The molecule has 3 aromatic rings. The minimum absolute atomic E-state index is 0.123. The summed E-state index contributed by atoms with van der Waals surface area (Å²) in [6.07, 6.45) is -0.761. The Balaban J connectivity index is 1.66. The Morgan fingerprint density at radius 3 is 2.47 bits per heavy atom. The fourth-order valence-corrected chi connectivity index (χ4v) is 5.56. The Morgan fingerprint density at radius 1 is 1.15 bits per heavy atom. The number of amides is 1. The van der Waals surface area contributed by atoms with E-state index in [2.05, 4.69) is 5.32 Å². The molecule has 1 aromatic heterocycles. The van der Waals surface area contributed by atoms with Crippen molar-refractivity contribution in [2.45, 2.75) is 57.2 Å². The van der Waals surface area contributed by atoms with E-state index in [4.69, 9.17) is 4.98 Å². The zero-order valence-corrected chi connectivity index (χ0v) is 19.8. The molecule has 1 saturated carbocycles. The summed E-state index contributed by atoms with van der Waals surface area (Å²) < 4.78 is 40.0. The molecule has 0 radical (unpaired) electrons. The minimum Gasteiger partial charge on any atom is -0.396 e. The van der Waals surface area contributed by atoms with Crippen LogP contribution in [0.5, 0.6) is 0 Å². The number of hydrogen-bond donors (Lipinski definition) is 3. The molecule has 1 aliphatic carbocycles. The molecule has 182 valence electrons. The lowest BCUT2D eigenvalue weighted by Gasteiger charge is -2.25. The number of alkyl halides is 3. The minimum atomic E-state index is -4.55. The van der Waals surface area contributed by atoms with Crippen LogP contribution in [0.1, 0.15) is 71.9 Å². The van der Waals surface area contributed by atoms with Crippen molar-refractivity contribution in [1.82, 2.24) is 4.98 Å². The number of rotatable bonds is 5. The zero-order chi connectivity index (χ0) is 24.7. The zero-order valence-electron chi connectivity index (χ0n) is 18.9. The predicted molar refractivity (Wildman–Crippen MR) is 126 cm³/mol. The van der Waals surface area contributed by atoms with E-state index >= 15 is 0 Å². The highest BCUT2D eigenvalue weighted by Crippen LogP contribution is 2.41. The molecule has 0 bridgehead atoms. The van der Waals surface area contributed by atoms with Crippen LogP contribution in [-0.2, 0) is 11.8 Å². The van der Waals surface area contributed by atoms with Crippen molar-refractivity contribution in [2.24, 2.45) is 5.92 Å². The third kappa shape index (κ3) is 5.26. The lowest BCUT2D eigenvalue weighted by molar-refractivity contribution is -0.137. The highest BCUT2D eigenvalue weighted by atomic mass is 32.1. The Bertz CT molecular complexity index is 1190. The molecule has 0 atom stereocenters. The molecule has 0 saturated heterocycles. The topological polar surface area (TPSA) is 82.5 Å². The van der Waals surface area contributed by atoms with Crippen molar-refractivity contribution in [1.29, 1.82) is 0 Å². The van der Waals surface area contributed by atoms with E-state index < -0.39 is 23.2 Å². The number of hydrogen-bond acceptors (Lipinski definition) is 5. The van der Waals surface area contributed by atoms with Crippen molar-refractivity contribution in [3.8, 4) is 0 Å². The molecule has 1 aliphatic rings. The molecular formula is C25H27F3N2O3S. The summed E-state index contributed by atoms with van der Waals surface area (Å²) in [6.45, 7) is 3.37. The third-order valence-corrected chi connectivity index (χ3v) is 7.54. The molecule has 4 rings (SSSR count). The van der Waals surface area contributed by atoms with Crippen LogP contribution < -0.4 is 5.32 Å². The average Bonchev–Trinajstić information content (AvgIpc) is 3.20. The number of fused-ring (bicyclic) bond motifs is 1. The van der Waals surface area contributed by atoms with E-state index in [1.165, 1.54) is 23.5 Å². The Kier molecular flexibility index (Phi) is 6.72. The Labute approximate surface area is 199 Å². The number of carbonyl (C=O) groups excluding carboxylic acids is 1. The van der Waals surface area contributed by atoms with Crippen LogP contribution in [0.15, 0.2) is 36.4 Å². The second kappa shape index (κ2) is 9.28. The maximum absolute atomic E-state index is 13.1. The lowest BCUT2D eigenvalue weighted by atomic mass is 9.83. The Morgan fingerprint density at radius 2 is 1.85 bits per heavy atom. The number of halogens is 3. The molecule has 0 spiro atoms. The molecular weight excluding hydrogens is 465 g/mol. The molecule has 0 unspecified atom stereocenters. The number of aliphatic hydroxyl groups is 2. The Hall–Kier alpha value is -2.49. The highest BCUT2D eigenvalue weighted by molar-refractivity contribution is 7.18. The molecule has 1 amide bonds. The van der Waals surface area contributed by atoms with Gasteiger partial charge < -0.3 is 15.5 Å². The number of carbonyl (C=O) groups is 1. The predicted octanol–water partition coefficient (Wildman–Crippen LogP) is 6.06. The number of nitrogens with zero attached hydrogens (tertiary/aromatic N) is 1. The summed E-state index contributed by atoms with van der Waals surface area (Å²) in [5.41, 5.74) is -0.863. The van der Waals surface area contributed by atoms with Gasteiger partial charge in [0.1, 0.15) is 0 Å². The van der Waals surface area contributed by atoms with Crippen LogP contribution in [0, 0.1) is 5.92 Å². The first-order valence-electron chi connectivity index (χ1n) is 11.2. The quantitative estimate of drug-likeness (QED) is 0.404. The highest BCUT2D eigenvalue weighted by Gasteiger charge is 2.31. The molecule has 5 nitrogen and oxygen atoms in total. The molecule has 1 heterocycles. The fraction of sp³-hybridized carbons (Fsp3) is 0.440. The lowest BCUT2D eigenvalue weighted by Crippen LogP contribution is -2.21. The van der Waals surface area contributed by atoms with Gasteiger partial charge in [0.25, 0.3) is 5.91 Å². The van der Waals surface area contributed by atoms with Gasteiger partial charge in [0.05, 0.1) is 26.4 Å². The van der Waals surface area contributed by atoms with Gasteiger partial charge in [0, 0.05) is 29.3 Å². The standard InChI is InChI=1S/C25H27F3N2O3S/c1-24(2,33)18-11-20-21(34-23(30-20)15-8-6-14(13-31)7-9-15)12-19(18)29-22(32)16-4-3-5-17(10-16)25(26,27)28/h3-5,10-12,14-15,31,33H,6-9,13H2,1-2H3,(H,29,32). The summed E-state index contributed by atoms with van der Waals surface area (Å²) in [6, 6.07) is 7.70. The second-order valence-electron chi connectivity index (χ2n) is 9.41. The van der Waals surface area contributed by atoms with Crippen molar-refractivity contribution >= 4 is 33.1 Å². The van der Waals surface area contributed by atoms with Crippen molar-refractivity contribution in [3.63, 3.8) is 0 Å². The number of aromatic nitrogens is 1. The van der Waals surface area contributed by atoms with Gasteiger partial charge in [-0.2, -0.15) is 13.2 Å². The van der Waals surface area contributed by atoms with Crippen LogP contribution >= 0.6 is 11.3 Å². The third-order valence-electron chi connectivity index (χ3n) is 6.36. The van der Waals surface area contributed by atoms with Gasteiger partial charge in [-0.3, -0.25) is 4.79 Å². The van der Waals surface area contributed by atoms with Crippen LogP contribution in [0.2, 0.25) is 0 Å². The fourth-order valence-electron chi connectivity index (χ4n) is 4.40. The first kappa shape index (κ1) is 24.6. The number of anilines is 1. The van der Waals surface area contributed by atoms with E-state index in [-0.39, 0.29) is 12.2 Å². The molecule has 2 aromatic carbocycles. The largest absolute Gasteiger partial charge is 0.416 e. The average molecular weight is 493 g/mol. The van der Waals surface area contributed by atoms with Gasteiger partial charge in [-0.25, -0.2) is 4.98 Å². The van der Waals surface area contributed by atoms with E-state index in [0.717, 1.165) is 47.5 Å². The number of thiazole rings is 1.